The maximum absolute atomic E-state index is 11.9. The van der Waals surface area contributed by atoms with Crippen LogP contribution in [0.4, 0.5) is 0 Å². The molecule has 1 fully saturated rings. The van der Waals surface area contributed by atoms with Crippen LogP contribution in [0.5, 0.6) is 0 Å². The number of carbonyl (C=O) groups is 1. The van der Waals surface area contributed by atoms with Crippen LogP contribution in [-0.2, 0) is 9.53 Å². The quantitative estimate of drug-likeness (QED) is 0.0887. The van der Waals surface area contributed by atoms with Crippen LogP contribution in [0.15, 0.2) is 0 Å². The van der Waals surface area contributed by atoms with Crippen LogP contribution >= 0.6 is 0 Å². The van der Waals surface area contributed by atoms with E-state index in [4.69, 9.17) is 4.74 Å². The van der Waals surface area contributed by atoms with Gasteiger partial charge in [0.05, 0.1) is 6.61 Å². The molecule has 0 N–H and O–H groups in total. The average Bonchev–Trinajstić information content (AvgIpc) is 3.59. The maximum Gasteiger partial charge on any atom is 0.305 e. The fourth-order valence-corrected chi connectivity index (χ4v) is 5.60. The molecule has 1 aliphatic rings. The molecule has 0 aliphatic heterocycles. The number of esters is 1. The largest absolute Gasteiger partial charge is 0.465 e. The highest BCUT2D eigenvalue weighted by atomic mass is 16.5. The first-order valence-corrected chi connectivity index (χ1v) is 15.9. The van der Waals surface area contributed by atoms with Gasteiger partial charge in [0.15, 0.2) is 0 Å². The van der Waals surface area contributed by atoms with Gasteiger partial charge in [-0.15, -0.1) is 0 Å². The molecule has 3 unspecified atom stereocenters. The van der Waals surface area contributed by atoms with E-state index in [1.807, 2.05) is 0 Å². The van der Waals surface area contributed by atoms with Crippen molar-refractivity contribution in [2.45, 2.75) is 155 Å². The second kappa shape index (κ2) is 22.6. The van der Waals surface area contributed by atoms with E-state index in [-0.39, 0.29) is 5.97 Å². The lowest BCUT2D eigenvalue weighted by atomic mass is 9.93. The summed E-state index contributed by atoms with van der Waals surface area (Å²) in [5, 5.41) is 0. The predicted octanol–water partition coefficient (Wildman–Crippen LogP) is 9.58. The van der Waals surface area contributed by atoms with Crippen molar-refractivity contribution < 1.29 is 9.53 Å². The van der Waals surface area contributed by atoms with Crippen LogP contribution in [0.2, 0.25) is 0 Å². The second-order valence-corrected chi connectivity index (χ2v) is 12.0. The highest BCUT2D eigenvalue weighted by Gasteiger charge is 2.36. The van der Waals surface area contributed by atoms with Crippen LogP contribution in [0.25, 0.3) is 0 Å². The molecule has 0 heterocycles. The summed E-state index contributed by atoms with van der Waals surface area (Å²) in [6.45, 7) is 6.49. The lowest BCUT2D eigenvalue weighted by Crippen LogP contribution is -2.21. The second-order valence-electron chi connectivity index (χ2n) is 12.0. The minimum absolute atomic E-state index is 0.0370. The van der Waals surface area contributed by atoms with Gasteiger partial charge < -0.3 is 9.64 Å². The van der Waals surface area contributed by atoms with Gasteiger partial charge in [-0.2, -0.15) is 0 Å². The highest BCUT2D eigenvalue weighted by Crippen LogP contribution is 2.42. The Balaban J connectivity index is 1.90. The van der Waals surface area contributed by atoms with Crippen LogP contribution in [0, 0.1) is 17.8 Å². The lowest BCUT2D eigenvalue weighted by Gasteiger charge is -2.21. The fraction of sp³-hybridized carbons (Fsp3) is 0.969. The third kappa shape index (κ3) is 20.2. The first-order chi connectivity index (χ1) is 17.1. The smallest absolute Gasteiger partial charge is 0.305 e. The Morgan fingerprint density at radius 2 is 1.23 bits per heavy atom. The Hall–Kier alpha value is -0.570. The summed E-state index contributed by atoms with van der Waals surface area (Å²) in [6.07, 6.45) is 29.0. The zero-order chi connectivity index (χ0) is 25.6. The summed E-state index contributed by atoms with van der Waals surface area (Å²) in [5.74, 6) is 2.44. The summed E-state index contributed by atoms with van der Waals surface area (Å²) >= 11 is 0. The molecule has 0 radical (unpaired) electrons. The summed E-state index contributed by atoms with van der Waals surface area (Å²) in [6, 6.07) is 0. The Kier molecular flexibility index (Phi) is 21.0. The lowest BCUT2D eigenvalue weighted by molar-refractivity contribution is -0.144. The SMILES string of the molecule is CCCCCCCCCC(CCCCCCCCCCC(=O)OCC1CC1CCCC)CN(C)C. The van der Waals surface area contributed by atoms with Crippen molar-refractivity contribution in [2.24, 2.45) is 17.8 Å². The number of nitrogens with zero attached hydrogens (tertiary/aromatic N) is 1. The van der Waals surface area contributed by atoms with E-state index in [2.05, 4.69) is 32.8 Å². The van der Waals surface area contributed by atoms with E-state index in [9.17, 15) is 4.79 Å². The van der Waals surface area contributed by atoms with Gasteiger partial charge in [0.25, 0.3) is 0 Å². The van der Waals surface area contributed by atoms with E-state index in [0.717, 1.165) is 18.3 Å². The standard InChI is InChI=1S/C32H63NO2/c1-5-7-9-10-13-16-19-22-29(27-33(3)4)23-20-17-14-11-12-15-18-21-25-32(34)35-28-31-26-30(31)24-8-6-2/h29-31H,5-28H2,1-4H3. The molecular weight excluding hydrogens is 430 g/mol. The molecule has 3 heteroatoms. The molecule has 3 nitrogen and oxygen atoms in total. The number of carbonyl (C=O) groups excluding carboxylic acids is 1. The minimum Gasteiger partial charge on any atom is -0.465 e. The van der Waals surface area contributed by atoms with Gasteiger partial charge in [-0.25, -0.2) is 0 Å². The summed E-state index contributed by atoms with van der Waals surface area (Å²) in [5.41, 5.74) is 0. The molecule has 0 saturated heterocycles. The summed E-state index contributed by atoms with van der Waals surface area (Å²) in [4.78, 5) is 14.3. The molecule has 0 amide bonds. The summed E-state index contributed by atoms with van der Waals surface area (Å²) < 4.78 is 5.50. The van der Waals surface area contributed by atoms with Gasteiger partial charge in [0, 0.05) is 13.0 Å². The number of hydrogen-bond acceptors (Lipinski definition) is 3. The first-order valence-electron chi connectivity index (χ1n) is 15.9. The zero-order valence-electron chi connectivity index (χ0n) is 24.5. The predicted molar refractivity (Wildman–Crippen MR) is 153 cm³/mol. The van der Waals surface area contributed by atoms with Gasteiger partial charge >= 0.3 is 5.97 Å². The van der Waals surface area contributed by atoms with E-state index >= 15 is 0 Å². The average molecular weight is 494 g/mol. The van der Waals surface area contributed by atoms with Gasteiger partial charge in [-0.05, 0) is 57.5 Å². The topological polar surface area (TPSA) is 29.5 Å². The Morgan fingerprint density at radius 1 is 0.714 bits per heavy atom. The van der Waals surface area contributed by atoms with Crippen molar-refractivity contribution in [3.8, 4) is 0 Å². The van der Waals surface area contributed by atoms with Crippen molar-refractivity contribution in [1.29, 1.82) is 0 Å². The molecule has 208 valence electrons. The molecule has 0 aromatic heterocycles. The van der Waals surface area contributed by atoms with Gasteiger partial charge in [-0.1, -0.05) is 123 Å². The van der Waals surface area contributed by atoms with E-state index in [1.165, 1.54) is 135 Å². The number of unbranched alkanes of at least 4 members (excludes halogenated alkanes) is 14. The highest BCUT2D eigenvalue weighted by molar-refractivity contribution is 5.69. The van der Waals surface area contributed by atoms with Gasteiger partial charge in [0.1, 0.15) is 0 Å². The fourth-order valence-electron chi connectivity index (χ4n) is 5.60. The Labute approximate surface area is 220 Å². The molecule has 1 aliphatic carbocycles. The number of hydrogen-bond donors (Lipinski definition) is 0. The van der Waals surface area contributed by atoms with Crippen LogP contribution < -0.4 is 0 Å². The number of ether oxygens (including phenoxy) is 1. The number of rotatable bonds is 26. The zero-order valence-corrected chi connectivity index (χ0v) is 24.5. The molecule has 0 spiro atoms. The summed E-state index contributed by atoms with van der Waals surface area (Å²) in [7, 11) is 4.46. The van der Waals surface area contributed by atoms with Crippen molar-refractivity contribution in [1.82, 2.24) is 4.90 Å². The van der Waals surface area contributed by atoms with E-state index in [0.29, 0.717) is 18.9 Å². The van der Waals surface area contributed by atoms with Gasteiger partial charge in [0.2, 0.25) is 0 Å². The molecule has 1 saturated carbocycles. The first kappa shape index (κ1) is 32.5. The van der Waals surface area contributed by atoms with Crippen LogP contribution in [0.1, 0.15) is 155 Å². The molecule has 0 bridgehead atoms. The molecule has 0 aromatic rings. The Bertz CT molecular complexity index is 478. The maximum atomic E-state index is 11.9. The van der Waals surface area contributed by atoms with Crippen LogP contribution in [0.3, 0.4) is 0 Å². The molecule has 1 rings (SSSR count). The third-order valence-electron chi connectivity index (χ3n) is 8.04. The van der Waals surface area contributed by atoms with Crippen molar-refractivity contribution in [2.75, 3.05) is 27.2 Å². The van der Waals surface area contributed by atoms with Crippen molar-refractivity contribution >= 4 is 5.97 Å². The molecule has 0 aromatic carbocycles. The van der Waals surface area contributed by atoms with Crippen molar-refractivity contribution in [3.63, 3.8) is 0 Å². The molecule has 35 heavy (non-hydrogen) atoms. The van der Waals surface area contributed by atoms with E-state index < -0.39 is 0 Å². The van der Waals surface area contributed by atoms with Gasteiger partial charge in [-0.3, -0.25) is 4.79 Å². The Morgan fingerprint density at radius 3 is 1.77 bits per heavy atom. The molecular formula is C32H63NO2. The minimum atomic E-state index is 0.0370. The van der Waals surface area contributed by atoms with E-state index in [1.54, 1.807) is 0 Å². The monoisotopic (exact) mass is 493 g/mol. The third-order valence-corrected chi connectivity index (χ3v) is 8.04. The molecule has 3 atom stereocenters. The van der Waals surface area contributed by atoms with Crippen LogP contribution in [-0.4, -0.2) is 38.1 Å². The van der Waals surface area contributed by atoms with Crippen molar-refractivity contribution in [3.05, 3.63) is 0 Å². The normalized spacial score (nSPS) is 18.2.